The lowest BCUT2D eigenvalue weighted by atomic mass is 10.1. The molecule has 0 aromatic heterocycles. The van der Waals surface area contributed by atoms with Crippen LogP contribution in [0.25, 0.3) is 0 Å². The molecule has 2 N–H and O–H groups in total. The minimum atomic E-state index is 0.212. The molecule has 1 aliphatic rings. The topological polar surface area (TPSA) is 24.1 Å². The summed E-state index contributed by atoms with van der Waals surface area (Å²) in [5.41, 5.74) is 0.212. The van der Waals surface area contributed by atoms with Gasteiger partial charge in [-0.3, -0.25) is 10.6 Å². The van der Waals surface area contributed by atoms with Gasteiger partial charge in [0.15, 0.2) is 0 Å². The fourth-order valence-corrected chi connectivity index (χ4v) is 1.75. The lowest BCUT2D eigenvalue weighted by Crippen LogP contribution is -2.56. The largest absolute Gasteiger partial charge is 0.300 e. The van der Waals surface area contributed by atoms with Crippen molar-refractivity contribution in [2.75, 3.05) is 13.1 Å². The molecule has 2 nitrogen and oxygen atoms in total. The highest BCUT2D eigenvalue weighted by Crippen LogP contribution is 2.37. The first kappa shape index (κ1) is 9.01. The fourth-order valence-electron chi connectivity index (χ4n) is 1.75. The van der Waals surface area contributed by atoms with E-state index in [1.54, 1.807) is 0 Å². The maximum Gasteiger partial charge on any atom is 0.0686 e. The Labute approximate surface area is 69.8 Å². The molecule has 0 amide bonds. The van der Waals surface area contributed by atoms with E-state index in [0.29, 0.717) is 0 Å². The van der Waals surface area contributed by atoms with Crippen molar-refractivity contribution in [3.63, 3.8) is 0 Å². The zero-order chi connectivity index (χ0) is 8.32. The summed E-state index contributed by atoms with van der Waals surface area (Å²) in [5, 5.41) is 7.02. The van der Waals surface area contributed by atoms with Gasteiger partial charge < -0.3 is 0 Å². The van der Waals surface area contributed by atoms with Crippen LogP contribution < -0.4 is 10.6 Å². The molecule has 0 heterocycles. The molecule has 11 heavy (non-hydrogen) atoms. The summed E-state index contributed by atoms with van der Waals surface area (Å²) in [6, 6.07) is 0. The smallest absolute Gasteiger partial charge is 0.0686 e. The first-order valence-corrected chi connectivity index (χ1v) is 4.73. The second-order valence-electron chi connectivity index (χ2n) is 3.54. The summed E-state index contributed by atoms with van der Waals surface area (Å²) in [4.78, 5) is 0. The zero-order valence-electron chi connectivity index (χ0n) is 7.91. The Kier molecular flexibility index (Phi) is 2.90. The molecule has 1 saturated carbocycles. The van der Waals surface area contributed by atoms with Gasteiger partial charge in [0.2, 0.25) is 0 Å². The van der Waals surface area contributed by atoms with Crippen LogP contribution in [0.4, 0.5) is 0 Å². The highest BCUT2D eigenvalue weighted by atomic mass is 15.2. The van der Waals surface area contributed by atoms with Crippen LogP contribution in [0, 0.1) is 5.92 Å². The number of hydrogen-bond acceptors (Lipinski definition) is 2. The normalized spacial score (nSPS) is 18.8. The highest BCUT2D eigenvalue weighted by molar-refractivity contribution is 4.95. The van der Waals surface area contributed by atoms with E-state index in [1.807, 2.05) is 0 Å². The number of nitrogens with one attached hydrogen (secondary N) is 2. The molecular formula is C9H20N2. The molecule has 0 atom stereocenters. The number of rotatable bonds is 5. The number of hydrogen-bond donors (Lipinski definition) is 2. The monoisotopic (exact) mass is 156 g/mol. The van der Waals surface area contributed by atoms with Crippen LogP contribution in [0.3, 0.4) is 0 Å². The molecule has 66 valence electrons. The summed E-state index contributed by atoms with van der Waals surface area (Å²) in [6.07, 6.45) is 2.77. The molecule has 0 aromatic carbocycles. The van der Waals surface area contributed by atoms with Crippen molar-refractivity contribution < 1.29 is 0 Å². The van der Waals surface area contributed by atoms with Gasteiger partial charge in [-0.15, -0.1) is 0 Å². The second-order valence-corrected chi connectivity index (χ2v) is 3.54. The summed E-state index contributed by atoms with van der Waals surface area (Å²) in [7, 11) is 0. The molecular weight excluding hydrogens is 136 g/mol. The third kappa shape index (κ3) is 2.17. The molecule has 2 heteroatoms. The van der Waals surface area contributed by atoms with Crippen LogP contribution >= 0.6 is 0 Å². The van der Waals surface area contributed by atoms with Crippen LogP contribution in [0.1, 0.15) is 33.6 Å². The Balaban J connectivity index is 2.39. The first-order valence-electron chi connectivity index (χ1n) is 4.73. The van der Waals surface area contributed by atoms with Crippen molar-refractivity contribution in [3.05, 3.63) is 0 Å². The van der Waals surface area contributed by atoms with E-state index in [2.05, 4.69) is 31.4 Å². The SMILES string of the molecule is CCNC(C)(NCC)C1CC1. The van der Waals surface area contributed by atoms with Crippen LogP contribution in [0.2, 0.25) is 0 Å². The van der Waals surface area contributed by atoms with E-state index in [4.69, 9.17) is 0 Å². The average Bonchev–Trinajstić information content (AvgIpc) is 2.68. The van der Waals surface area contributed by atoms with Gasteiger partial charge in [-0.25, -0.2) is 0 Å². The van der Waals surface area contributed by atoms with Gasteiger partial charge in [-0.05, 0) is 38.8 Å². The second kappa shape index (κ2) is 3.55. The zero-order valence-corrected chi connectivity index (χ0v) is 7.91. The van der Waals surface area contributed by atoms with Crippen LogP contribution in [0.5, 0.6) is 0 Å². The third-order valence-corrected chi connectivity index (χ3v) is 2.48. The van der Waals surface area contributed by atoms with Gasteiger partial charge in [0.05, 0.1) is 5.66 Å². The summed E-state index contributed by atoms with van der Waals surface area (Å²) >= 11 is 0. The predicted octanol–water partition coefficient (Wildman–Crippen LogP) is 1.33. The highest BCUT2D eigenvalue weighted by Gasteiger charge is 2.39. The minimum absolute atomic E-state index is 0.212. The van der Waals surface area contributed by atoms with Gasteiger partial charge in [-0.2, -0.15) is 0 Å². The fraction of sp³-hybridized carbons (Fsp3) is 1.00. The molecule has 0 spiro atoms. The van der Waals surface area contributed by atoms with E-state index in [1.165, 1.54) is 12.8 Å². The van der Waals surface area contributed by atoms with E-state index < -0.39 is 0 Å². The Bertz CT molecular complexity index is 113. The van der Waals surface area contributed by atoms with E-state index >= 15 is 0 Å². The van der Waals surface area contributed by atoms with E-state index in [9.17, 15) is 0 Å². The van der Waals surface area contributed by atoms with Crippen LogP contribution in [0.15, 0.2) is 0 Å². The Morgan fingerprint density at radius 3 is 1.91 bits per heavy atom. The summed E-state index contributed by atoms with van der Waals surface area (Å²) in [6.45, 7) is 8.72. The van der Waals surface area contributed by atoms with Gasteiger partial charge in [0.25, 0.3) is 0 Å². The third-order valence-electron chi connectivity index (χ3n) is 2.48. The summed E-state index contributed by atoms with van der Waals surface area (Å²) < 4.78 is 0. The molecule has 0 bridgehead atoms. The predicted molar refractivity (Wildman–Crippen MR) is 48.5 cm³/mol. The van der Waals surface area contributed by atoms with Gasteiger partial charge in [-0.1, -0.05) is 13.8 Å². The van der Waals surface area contributed by atoms with E-state index in [0.717, 1.165) is 19.0 Å². The first-order chi connectivity index (χ1) is 5.23. The maximum atomic E-state index is 3.51. The van der Waals surface area contributed by atoms with Crippen molar-refractivity contribution in [2.24, 2.45) is 5.92 Å². The maximum absolute atomic E-state index is 3.51. The average molecular weight is 156 g/mol. The Morgan fingerprint density at radius 1 is 1.18 bits per heavy atom. The minimum Gasteiger partial charge on any atom is -0.300 e. The quantitative estimate of drug-likeness (QED) is 0.587. The van der Waals surface area contributed by atoms with Crippen LogP contribution in [-0.4, -0.2) is 18.8 Å². The van der Waals surface area contributed by atoms with Crippen molar-refractivity contribution in [1.29, 1.82) is 0 Å². The van der Waals surface area contributed by atoms with Crippen molar-refractivity contribution in [3.8, 4) is 0 Å². The van der Waals surface area contributed by atoms with Crippen molar-refractivity contribution >= 4 is 0 Å². The standard InChI is InChI=1S/C9H20N2/c1-4-10-9(3,11-5-2)8-6-7-8/h8,10-11H,4-7H2,1-3H3. The van der Waals surface area contributed by atoms with E-state index in [-0.39, 0.29) is 5.66 Å². The molecule has 0 aromatic rings. The van der Waals surface area contributed by atoms with Crippen molar-refractivity contribution in [2.45, 2.75) is 39.3 Å². The molecule has 0 radical (unpaired) electrons. The molecule has 1 fully saturated rings. The summed E-state index contributed by atoms with van der Waals surface area (Å²) in [5.74, 6) is 0.863. The van der Waals surface area contributed by atoms with Gasteiger partial charge >= 0.3 is 0 Å². The van der Waals surface area contributed by atoms with Crippen molar-refractivity contribution in [1.82, 2.24) is 10.6 Å². The molecule has 1 aliphatic carbocycles. The molecule has 0 aliphatic heterocycles. The van der Waals surface area contributed by atoms with Gasteiger partial charge in [0.1, 0.15) is 0 Å². The lowest BCUT2D eigenvalue weighted by Gasteiger charge is -2.31. The molecule has 1 rings (SSSR count). The Hall–Kier alpha value is -0.0800. The van der Waals surface area contributed by atoms with Gasteiger partial charge in [0, 0.05) is 0 Å². The Morgan fingerprint density at radius 2 is 1.64 bits per heavy atom. The lowest BCUT2D eigenvalue weighted by molar-refractivity contribution is 0.254. The molecule has 0 unspecified atom stereocenters. The van der Waals surface area contributed by atoms with Crippen LogP contribution in [-0.2, 0) is 0 Å². The molecule has 0 saturated heterocycles.